The number of ether oxygens (including phenoxy) is 1. The molecule has 29 heavy (non-hydrogen) atoms. The topological polar surface area (TPSA) is 55.4 Å². The Hall–Kier alpha value is -2.36. The molecule has 156 valence electrons. The van der Waals surface area contributed by atoms with Gasteiger partial charge < -0.3 is 10.1 Å². The summed E-state index contributed by atoms with van der Waals surface area (Å²) >= 11 is 0. The van der Waals surface area contributed by atoms with Gasteiger partial charge in [-0.15, -0.1) is 0 Å². The van der Waals surface area contributed by atoms with Crippen molar-refractivity contribution >= 4 is 11.8 Å². The van der Waals surface area contributed by atoms with Crippen LogP contribution in [-0.2, 0) is 19.7 Å². The first-order chi connectivity index (χ1) is 13.4. The van der Waals surface area contributed by atoms with Crippen molar-refractivity contribution in [1.82, 2.24) is 5.32 Å². The predicted molar refractivity (Wildman–Crippen MR) is 115 cm³/mol. The van der Waals surface area contributed by atoms with Crippen molar-refractivity contribution in [3.8, 4) is 0 Å². The van der Waals surface area contributed by atoms with E-state index in [4.69, 9.17) is 4.74 Å². The number of rotatable bonds is 3. The van der Waals surface area contributed by atoms with Crippen LogP contribution < -0.4 is 5.32 Å². The van der Waals surface area contributed by atoms with Gasteiger partial charge in [0, 0.05) is 29.3 Å². The zero-order chi connectivity index (χ0) is 21.6. The van der Waals surface area contributed by atoms with Crippen LogP contribution in [-0.4, -0.2) is 18.4 Å². The van der Waals surface area contributed by atoms with Crippen LogP contribution in [0.2, 0.25) is 0 Å². The Bertz CT molecular complexity index is 895. The lowest BCUT2D eigenvalue weighted by Crippen LogP contribution is -2.38. The Kier molecular flexibility index (Phi) is 5.50. The first kappa shape index (κ1) is 21.4. The second-order valence-corrected chi connectivity index (χ2v) is 10.0. The van der Waals surface area contributed by atoms with Crippen LogP contribution in [0.15, 0.2) is 46.8 Å². The molecule has 0 saturated carbocycles. The number of esters is 1. The van der Waals surface area contributed by atoms with Gasteiger partial charge in [-0.3, -0.25) is 4.79 Å². The zero-order valence-corrected chi connectivity index (χ0v) is 18.7. The molecule has 1 atom stereocenters. The van der Waals surface area contributed by atoms with Gasteiger partial charge in [-0.2, -0.15) is 0 Å². The van der Waals surface area contributed by atoms with Gasteiger partial charge in [0.1, 0.15) is 0 Å². The van der Waals surface area contributed by atoms with Crippen molar-refractivity contribution in [3.63, 3.8) is 0 Å². The van der Waals surface area contributed by atoms with Gasteiger partial charge >= 0.3 is 5.97 Å². The molecule has 3 rings (SSSR count). The Morgan fingerprint density at radius 1 is 1.17 bits per heavy atom. The summed E-state index contributed by atoms with van der Waals surface area (Å²) in [4.78, 5) is 26.1. The molecule has 0 amide bonds. The van der Waals surface area contributed by atoms with Crippen LogP contribution in [0.4, 0.5) is 0 Å². The molecule has 4 heteroatoms. The number of carbonyl (C=O) groups excluding carboxylic acids is 2. The van der Waals surface area contributed by atoms with E-state index in [1.807, 2.05) is 6.92 Å². The first-order valence-electron chi connectivity index (χ1n) is 10.5. The Balaban J connectivity index is 2.15. The molecule has 0 fully saturated rings. The highest BCUT2D eigenvalue weighted by Crippen LogP contribution is 2.47. The highest BCUT2D eigenvalue weighted by Gasteiger charge is 2.43. The monoisotopic (exact) mass is 395 g/mol. The van der Waals surface area contributed by atoms with Gasteiger partial charge in [-0.1, -0.05) is 58.9 Å². The molecule has 0 aromatic heterocycles. The summed E-state index contributed by atoms with van der Waals surface area (Å²) in [6.07, 6.45) is 1.28. The van der Waals surface area contributed by atoms with Crippen molar-refractivity contribution in [3.05, 3.63) is 57.9 Å². The maximum absolute atomic E-state index is 13.2. The minimum Gasteiger partial charge on any atom is -0.463 e. The number of carbonyl (C=O) groups is 2. The first-order valence-corrected chi connectivity index (χ1v) is 10.5. The summed E-state index contributed by atoms with van der Waals surface area (Å²) in [5.41, 5.74) is 5.12. The van der Waals surface area contributed by atoms with Crippen LogP contribution in [0.25, 0.3) is 0 Å². The summed E-state index contributed by atoms with van der Waals surface area (Å²) in [6, 6.07) is 8.32. The molecule has 0 saturated heterocycles. The Morgan fingerprint density at radius 2 is 1.79 bits per heavy atom. The predicted octanol–water partition coefficient (Wildman–Crippen LogP) is 5.15. The number of hydrogen-bond acceptors (Lipinski definition) is 4. The van der Waals surface area contributed by atoms with E-state index < -0.39 is 0 Å². The third-order valence-corrected chi connectivity index (χ3v) is 5.85. The molecule has 1 aromatic carbocycles. The molecule has 1 aliphatic heterocycles. The summed E-state index contributed by atoms with van der Waals surface area (Å²) in [6.45, 7) is 14.8. The van der Waals surface area contributed by atoms with Gasteiger partial charge in [0.05, 0.1) is 12.2 Å². The number of benzene rings is 1. The van der Waals surface area contributed by atoms with Crippen molar-refractivity contribution in [1.29, 1.82) is 0 Å². The normalized spacial score (nSPS) is 21.6. The van der Waals surface area contributed by atoms with E-state index >= 15 is 0 Å². The average molecular weight is 396 g/mol. The minimum atomic E-state index is -0.386. The van der Waals surface area contributed by atoms with Gasteiger partial charge in [0.15, 0.2) is 5.78 Å². The molecule has 1 unspecified atom stereocenters. The third-order valence-electron chi connectivity index (χ3n) is 5.85. The minimum absolute atomic E-state index is 0.0392. The summed E-state index contributed by atoms with van der Waals surface area (Å²) < 4.78 is 5.37. The van der Waals surface area contributed by atoms with Crippen LogP contribution in [0, 0.1) is 5.41 Å². The molecule has 4 nitrogen and oxygen atoms in total. The van der Waals surface area contributed by atoms with E-state index in [0.717, 1.165) is 29.0 Å². The fourth-order valence-electron chi connectivity index (χ4n) is 4.42. The lowest BCUT2D eigenvalue weighted by Gasteiger charge is -2.39. The zero-order valence-electron chi connectivity index (χ0n) is 18.7. The quantitative estimate of drug-likeness (QED) is 0.719. The van der Waals surface area contributed by atoms with Crippen LogP contribution in [0.3, 0.4) is 0 Å². The number of ketones is 1. The number of allylic oxidation sites excluding steroid dienone is 3. The highest BCUT2D eigenvalue weighted by molar-refractivity contribution is 6.04. The number of nitrogens with one attached hydrogen (secondary N) is 1. The molecule has 1 aliphatic carbocycles. The van der Waals surface area contributed by atoms with E-state index in [9.17, 15) is 9.59 Å². The van der Waals surface area contributed by atoms with Crippen molar-refractivity contribution in [2.24, 2.45) is 5.41 Å². The van der Waals surface area contributed by atoms with E-state index in [1.165, 1.54) is 5.56 Å². The Labute approximate surface area is 174 Å². The number of dihydropyridines is 1. The van der Waals surface area contributed by atoms with Gasteiger partial charge in [-0.05, 0) is 42.2 Å². The summed E-state index contributed by atoms with van der Waals surface area (Å²) in [5, 5.41) is 3.37. The molecule has 2 aliphatic rings. The highest BCUT2D eigenvalue weighted by atomic mass is 16.5. The molecule has 1 N–H and O–H groups in total. The summed E-state index contributed by atoms with van der Waals surface area (Å²) in [7, 11) is 0. The van der Waals surface area contributed by atoms with Gasteiger partial charge in [-0.25, -0.2) is 4.79 Å². The lowest BCUT2D eigenvalue weighted by atomic mass is 9.68. The second kappa shape index (κ2) is 7.47. The van der Waals surface area contributed by atoms with Crippen molar-refractivity contribution in [2.75, 3.05) is 6.61 Å². The van der Waals surface area contributed by atoms with Crippen LogP contribution >= 0.6 is 0 Å². The Morgan fingerprint density at radius 3 is 2.34 bits per heavy atom. The molecule has 1 aromatic rings. The van der Waals surface area contributed by atoms with Crippen molar-refractivity contribution < 1.29 is 14.3 Å². The molecule has 0 bridgehead atoms. The molecular weight excluding hydrogens is 362 g/mol. The number of hydrogen-bond donors (Lipinski definition) is 1. The van der Waals surface area contributed by atoms with Crippen LogP contribution in [0.1, 0.15) is 78.4 Å². The fraction of sp³-hybridized carbons (Fsp3) is 0.520. The standard InChI is InChI=1S/C25H33NO3/c1-8-29-23(28)20-15(2)26-18-13-25(6,7)14-19(27)22(18)21(20)16-9-11-17(12-10-16)24(3,4)5/h9-12,21,26H,8,13-14H2,1-7H3. The van der Waals surface area contributed by atoms with E-state index in [2.05, 4.69) is 64.2 Å². The molecule has 0 spiro atoms. The third kappa shape index (κ3) is 4.17. The van der Waals surface area contributed by atoms with Crippen molar-refractivity contribution in [2.45, 2.75) is 72.6 Å². The molecule has 0 radical (unpaired) electrons. The van der Waals surface area contributed by atoms with Crippen LogP contribution in [0.5, 0.6) is 0 Å². The van der Waals surface area contributed by atoms with Gasteiger partial charge in [0.2, 0.25) is 0 Å². The van der Waals surface area contributed by atoms with Gasteiger partial charge in [0.25, 0.3) is 0 Å². The lowest BCUT2D eigenvalue weighted by molar-refractivity contribution is -0.138. The van der Waals surface area contributed by atoms with E-state index in [0.29, 0.717) is 18.6 Å². The fourth-order valence-corrected chi connectivity index (χ4v) is 4.42. The second-order valence-electron chi connectivity index (χ2n) is 10.0. The SMILES string of the molecule is CCOC(=O)C1=C(C)NC2=C(C(=O)CC(C)(C)C2)C1c1ccc(C(C)(C)C)cc1. The smallest absolute Gasteiger partial charge is 0.336 e. The molecule has 1 heterocycles. The van der Waals surface area contributed by atoms with E-state index in [1.54, 1.807) is 6.92 Å². The largest absolute Gasteiger partial charge is 0.463 e. The average Bonchev–Trinajstić information content (AvgIpc) is 2.58. The maximum Gasteiger partial charge on any atom is 0.336 e. The van der Waals surface area contributed by atoms with E-state index in [-0.39, 0.29) is 28.5 Å². The maximum atomic E-state index is 13.2. The number of Topliss-reactive ketones (excluding diaryl/α,β-unsaturated/α-hetero) is 1. The molecular formula is C25H33NO3. The summed E-state index contributed by atoms with van der Waals surface area (Å²) in [5.74, 6) is -0.627.